The van der Waals surface area contributed by atoms with Crippen LogP contribution in [0.5, 0.6) is 5.75 Å². The molecule has 1 saturated heterocycles. The molecule has 1 aliphatic heterocycles. The van der Waals surface area contributed by atoms with Crippen LogP contribution in [0.15, 0.2) is 30.0 Å². The molecule has 0 aromatic heterocycles. The first-order valence-electron chi connectivity index (χ1n) is 7.66. The Labute approximate surface area is 150 Å². The summed E-state index contributed by atoms with van der Waals surface area (Å²) in [6.45, 7) is 2.79. The molecule has 9 nitrogen and oxygen atoms in total. The van der Waals surface area contributed by atoms with Crippen molar-refractivity contribution in [3.63, 3.8) is 0 Å². The maximum atomic E-state index is 12.0. The lowest BCUT2D eigenvalue weighted by molar-refractivity contribution is -0.222. The van der Waals surface area contributed by atoms with Gasteiger partial charge in [0.1, 0.15) is 12.4 Å². The van der Waals surface area contributed by atoms with Crippen LogP contribution < -0.4 is 15.4 Å². The Hall–Kier alpha value is -3.07. The van der Waals surface area contributed by atoms with Crippen molar-refractivity contribution in [1.29, 1.82) is 0 Å². The molecule has 0 bridgehead atoms. The van der Waals surface area contributed by atoms with Crippen molar-refractivity contribution < 1.29 is 33.3 Å². The molecule has 2 N–H and O–H groups in total. The van der Waals surface area contributed by atoms with Crippen LogP contribution in [0.1, 0.15) is 13.8 Å². The predicted octanol–water partition coefficient (Wildman–Crippen LogP) is 1.41. The molecular weight excluding hydrogens is 344 g/mol. The minimum absolute atomic E-state index is 0.125. The van der Waals surface area contributed by atoms with Crippen LogP contribution in [0.4, 0.5) is 11.4 Å². The Morgan fingerprint density at radius 2 is 1.81 bits per heavy atom. The molecule has 1 aromatic rings. The Bertz CT molecular complexity index is 733. The maximum Gasteiger partial charge on any atom is 0.350 e. The lowest BCUT2D eigenvalue weighted by atomic mass is 10.2. The van der Waals surface area contributed by atoms with Crippen molar-refractivity contribution in [1.82, 2.24) is 0 Å². The van der Waals surface area contributed by atoms with Crippen LogP contribution in [-0.2, 0) is 28.6 Å². The van der Waals surface area contributed by atoms with Crippen molar-refractivity contribution in [2.75, 3.05) is 31.5 Å². The van der Waals surface area contributed by atoms with E-state index in [-0.39, 0.29) is 18.1 Å². The van der Waals surface area contributed by atoms with Gasteiger partial charge in [-0.2, -0.15) is 0 Å². The van der Waals surface area contributed by atoms with Crippen molar-refractivity contribution >= 4 is 29.2 Å². The molecule has 0 unspecified atom stereocenters. The summed E-state index contributed by atoms with van der Waals surface area (Å²) in [4.78, 5) is 35.7. The topological polar surface area (TPSA) is 112 Å². The molecule has 0 radical (unpaired) electrons. The number of carbonyl (C=O) groups excluding carboxylic acids is 3. The summed E-state index contributed by atoms with van der Waals surface area (Å²) in [5.74, 6) is -2.81. The molecule has 0 aliphatic carbocycles. The first-order chi connectivity index (χ1) is 12.3. The third-order valence-corrected chi connectivity index (χ3v) is 3.27. The zero-order valence-corrected chi connectivity index (χ0v) is 14.9. The number of hydrogen-bond donors (Lipinski definition) is 2. The molecule has 0 saturated carbocycles. The van der Waals surface area contributed by atoms with Gasteiger partial charge >= 0.3 is 11.9 Å². The summed E-state index contributed by atoms with van der Waals surface area (Å²) < 4.78 is 19.9. The molecule has 26 heavy (non-hydrogen) atoms. The minimum Gasteiger partial charge on any atom is -0.497 e. The van der Waals surface area contributed by atoms with Gasteiger partial charge in [0.05, 0.1) is 18.5 Å². The van der Waals surface area contributed by atoms with Gasteiger partial charge in [-0.25, -0.2) is 9.59 Å². The predicted molar refractivity (Wildman–Crippen MR) is 91.5 cm³/mol. The van der Waals surface area contributed by atoms with Crippen LogP contribution in [-0.4, -0.2) is 44.5 Å². The molecule has 1 amide bonds. The summed E-state index contributed by atoms with van der Waals surface area (Å²) in [5.41, 5.74) is 0.496. The van der Waals surface area contributed by atoms with Gasteiger partial charge < -0.3 is 29.6 Å². The normalized spacial score (nSPS) is 15.6. The lowest BCUT2D eigenvalue weighted by Crippen LogP contribution is -2.42. The monoisotopic (exact) mass is 364 g/mol. The molecule has 1 aliphatic rings. The fourth-order valence-corrected chi connectivity index (χ4v) is 2.12. The molecule has 140 valence electrons. The second kappa shape index (κ2) is 7.87. The molecular formula is C17H20N2O7. The standard InChI is InChI=1S/C17H20N2O7/c1-17(2)25-15(21)11(16(22)26-17)8-18-13-7-10(24-4)5-6-12(13)19-14(20)9-23-3/h5-8,18H,9H2,1-4H3,(H,19,20). The number of cyclic esters (lactones) is 2. The summed E-state index contributed by atoms with van der Waals surface area (Å²) in [6, 6.07) is 4.84. The summed E-state index contributed by atoms with van der Waals surface area (Å²) >= 11 is 0. The van der Waals surface area contributed by atoms with Crippen LogP contribution in [0.3, 0.4) is 0 Å². The fraction of sp³-hybridized carbons (Fsp3) is 0.353. The highest BCUT2D eigenvalue weighted by Crippen LogP contribution is 2.28. The number of carbonyl (C=O) groups is 3. The summed E-state index contributed by atoms with van der Waals surface area (Å²) in [6.07, 6.45) is 1.15. The number of ether oxygens (including phenoxy) is 4. The first-order valence-corrected chi connectivity index (χ1v) is 7.66. The van der Waals surface area contributed by atoms with E-state index < -0.39 is 17.7 Å². The van der Waals surface area contributed by atoms with E-state index in [2.05, 4.69) is 10.6 Å². The van der Waals surface area contributed by atoms with Crippen LogP contribution in [0.25, 0.3) is 0 Å². The fourth-order valence-electron chi connectivity index (χ4n) is 2.12. The Kier molecular flexibility index (Phi) is 5.83. The van der Waals surface area contributed by atoms with Crippen LogP contribution >= 0.6 is 0 Å². The highest BCUT2D eigenvalue weighted by molar-refractivity contribution is 6.15. The molecule has 0 atom stereocenters. The third kappa shape index (κ3) is 4.73. The average Bonchev–Trinajstić information content (AvgIpc) is 2.54. The number of methoxy groups -OCH3 is 2. The quantitative estimate of drug-likeness (QED) is 0.443. The summed E-state index contributed by atoms with van der Waals surface area (Å²) in [7, 11) is 2.89. The van der Waals surface area contributed by atoms with Gasteiger partial charge in [0, 0.05) is 33.2 Å². The van der Waals surface area contributed by atoms with E-state index in [1.165, 1.54) is 28.1 Å². The zero-order valence-electron chi connectivity index (χ0n) is 14.9. The number of esters is 2. The van der Waals surface area contributed by atoms with Crippen molar-refractivity contribution in [3.05, 3.63) is 30.0 Å². The van der Waals surface area contributed by atoms with E-state index in [4.69, 9.17) is 18.9 Å². The number of hydrogen-bond acceptors (Lipinski definition) is 8. The van der Waals surface area contributed by atoms with E-state index in [9.17, 15) is 14.4 Å². The van der Waals surface area contributed by atoms with Gasteiger partial charge in [-0.1, -0.05) is 0 Å². The Morgan fingerprint density at radius 3 is 2.38 bits per heavy atom. The second-order valence-corrected chi connectivity index (χ2v) is 5.77. The van der Waals surface area contributed by atoms with E-state index in [0.29, 0.717) is 17.1 Å². The van der Waals surface area contributed by atoms with E-state index in [1.807, 2.05) is 0 Å². The molecule has 1 aromatic carbocycles. The van der Waals surface area contributed by atoms with Crippen molar-refractivity contribution in [2.45, 2.75) is 19.6 Å². The molecule has 2 rings (SSSR count). The van der Waals surface area contributed by atoms with Crippen LogP contribution in [0.2, 0.25) is 0 Å². The Balaban J connectivity index is 2.25. The second-order valence-electron chi connectivity index (χ2n) is 5.77. The number of benzene rings is 1. The molecule has 1 fully saturated rings. The minimum atomic E-state index is -1.32. The van der Waals surface area contributed by atoms with Gasteiger partial charge in [-0.05, 0) is 12.1 Å². The maximum absolute atomic E-state index is 12.0. The third-order valence-electron chi connectivity index (χ3n) is 3.27. The zero-order chi connectivity index (χ0) is 19.3. The smallest absolute Gasteiger partial charge is 0.350 e. The van der Waals surface area contributed by atoms with Crippen molar-refractivity contribution in [2.24, 2.45) is 0 Å². The SMILES string of the molecule is COCC(=O)Nc1ccc(OC)cc1NC=C1C(=O)OC(C)(C)OC1=O. The van der Waals surface area contributed by atoms with Crippen molar-refractivity contribution in [3.8, 4) is 5.75 Å². The Morgan fingerprint density at radius 1 is 1.15 bits per heavy atom. The molecule has 1 heterocycles. The average molecular weight is 364 g/mol. The number of nitrogens with one attached hydrogen (secondary N) is 2. The lowest BCUT2D eigenvalue weighted by Gasteiger charge is -2.29. The van der Waals surface area contributed by atoms with Crippen LogP contribution in [0, 0.1) is 0 Å². The highest BCUT2D eigenvalue weighted by atomic mass is 16.7. The van der Waals surface area contributed by atoms with Gasteiger partial charge in [0.15, 0.2) is 5.57 Å². The van der Waals surface area contributed by atoms with E-state index in [1.54, 1.807) is 18.2 Å². The number of amides is 1. The van der Waals surface area contributed by atoms with E-state index >= 15 is 0 Å². The van der Waals surface area contributed by atoms with Gasteiger partial charge in [0.25, 0.3) is 5.79 Å². The number of anilines is 2. The van der Waals surface area contributed by atoms with Gasteiger partial charge in [-0.15, -0.1) is 0 Å². The summed E-state index contributed by atoms with van der Waals surface area (Å²) in [5, 5.41) is 5.44. The molecule has 9 heteroatoms. The highest BCUT2D eigenvalue weighted by Gasteiger charge is 2.38. The van der Waals surface area contributed by atoms with Gasteiger partial charge in [-0.3, -0.25) is 4.79 Å². The first kappa shape index (κ1) is 19.3. The van der Waals surface area contributed by atoms with Gasteiger partial charge in [0.2, 0.25) is 5.91 Å². The molecule has 0 spiro atoms. The number of rotatable bonds is 6. The largest absolute Gasteiger partial charge is 0.497 e. The van der Waals surface area contributed by atoms with E-state index in [0.717, 1.165) is 6.20 Å².